The van der Waals surface area contributed by atoms with Crippen molar-refractivity contribution in [2.45, 2.75) is 0 Å². The van der Waals surface area contributed by atoms with Crippen molar-refractivity contribution in [3.8, 4) is 5.75 Å². The van der Waals surface area contributed by atoms with E-state index >= 15 is 0 Å². The van der Waals surface area contributed by atoms with Gasteiger partial charge in [0.2, 0.25) is 0 Å². The number of hydrogen-bond donors (Lipinski definition) is 2. The zero-order chi connectivity index (χ0) is 10.4. The summed E-state index contributed by atoms with van der Waals surface area (Å²) in [6.07, 6.45) is 0. The van der Waals surface area contributed by atoms with Crippen LogP contribution in [0.5, 0.6) is 5.75 Å². The highest BCUT2D eigenvalue weighted by Crippen LogP contribution is 2.13. The number of rotatable bonds is 5. The van der Waals surface area contributed by atoms with Crippen LogP contribution in [0.4, 0.5) is 5.69 Å². The maximum atomic E-state index is 11.0. The van der Waals surface area contributed by atoms with Crippen LogP contribution in [0, 0.1) is 0 Å². The number of aromatic hydroxyl groups is 1. The van der Waals surface area contributed by atoms with Crippen molar-refractivity contribution >= 4 is 11.5 Å². The lowest BCUT2D eigenvalue weighted by atomic mass is 10.3. The molecule has 14 heavy (non-hydrogen) atoms. The van der Waals surface area contributed by atoms with E-state index in [4.69, 9.17) is 5.11 Å². The van der Waals surface area contributed by atoms with Gasteiger partial charge in [0.05, 0.1) is 6.54 Å². The third-order valence-corrected chi connectivity index (χ3v) is 1.66. The van der Waals surface area contributed by atoms with Gasteiger partial charge in [-0.25, -0.2) is 0 Å². The van der Waals surface area contributed by atoms with Crippen LogP contribution >= 0.6 is 0 Å². The second-order valence-corrected chi connectivity index (χ2v) is 2.87. The Balaban J connectivity index is 2.38. The molecule has 4 heteroatoms. The summed E-state index contributed by atoms with van der Waals surface area (Å²) in [6, 6.07) is 6.52. The summed E-state index contributed by atoms with van der Waals surface area (Å²) in [5, 5.41) is 11.9. The SMILES string of the molecule is COCC(=O)CNc1ccc(O)cc1. The Morgan fingerprint density at radius 1 is 1.43 bits per heavy atom. The first kappa shape index (κ1) is 10.5. The zero-order valence-corrected chi connectivity index (χ0v) is 7.99. The van der Waals surface area contributed by atoms with E-state index in [1.807, 2.05) is 0 Å². The molecule has 0 spiro atoms. The Morgan fingerprint density at radius 2 is 2.07 bits per heavy atom. The van der Waals surface area contributed by atoms with Crippen LogP contribution in [-0.4, -0.2) is 31.2 Å². The van der Waals surface area contributed by atoms with Gasteiger partial charge in [-0.2, -0.15) is 0 Å². The van der Waals surface area contributed by atoms with E-state index in [0.29, 0.717) is 0 Å². The third-order valence-electron chi connectivity index (χ3n) is 1.66. The first-order chi connectivity index (χ1) is 6.72. The van der Waals surface area contributed by atoms with Crippen LogP contribution < -0.4 is 5.32 Å². The molecule has 0 aliphatic heterocycles. The van der Waals surface area contributed by atoms with Gasteiger partial charge in [0, 0.05) is 12.8 Å². The first-order valence-corrected chi connectivity index (χ1v) is 4.26. The van der Waals surface area contributed by atoms with Gasteiger partial charge in [-0.3, -0.25) is 4.79 Å². The lowest BCUT2D eigenvalue weighted by Gasteiger charge is -2.04. The number of hydrogen-bond acceptors (Lipinski definition) is 4. The molecule has 1 rings (SSSR count). The summed E-state index contributed by atoms with van der Waals surface area (Å²) >= 11 is 0. The van der Waals surface area contributed by atoms with E-state index in [-0.39, 0.29) is 24.7 Å². The molecule has 0 aliphatic rings. The molecule has 4 nitrogen and oxygen atoms in total. The fourth-order valence-electron chi connectivity index (χ4n) is 0.992. The number of carbonyl (C=O) groups is 1. The van der Waals surface area contributed by atoms with Gasteiger partial charge in [0.1, 0.15) is 12.4 Å². The van der Waals surface area contributed by atoms with Crippen molar-refractivity contribution in [2.75, 3.05) is 25.6 Å². The van der Waals surface area contributed by atoms with Gasteiger partial charge in [0.25, 0.3) is 0 Å². The molecule has 0 radical (unpaired) electrons. The summed E-state index contributed by atoms with van der Waals surface area (Å²) in [4.78, 5) is 11.0. The van der Waals surface area contributed by atoms with Crippen LogP contribution in [-0.2, 0) is 9.53 Å². The maximum Gasteiger partial charge on any atom is 0.177 e. The van der Waals surface area contributed by atoms with E-state index in [0.717, 1.165) is 5.69 Å². The normalized spacial score (nSPS) is 9.79. The average molecular weight is 195 g/mol. The summed E-state index contributed by atoms with van der Waals surface area (Å²) in [5.41, 5.74) is 0.798. The smallest absolute Gasteiger partial charge is 0.177 e. The van der Waals surface area contributed by atoms with Crippen molar-refractivity contribution < 1.29 is 14.6 Å². The van der Waals surface area contributed by atoms with E-state index in [9.17, 15) is 4.79 Å². The third kappa shape index (κ3) is 3.45. The minimum Gasteiger partial charge on any atom is -0.508 e. The van der Waals surface area contributed by atoms with Crippen molar-refractivity contribution in [3.63, 3.8) is 0 Å². The number of carbonyl (C=O) groups excluding carboxylic acids is 1. The van der Waals surface area contributed by atoms with Crippen LogP contribution in [0.3, 0.4) is 0 Å². The van der Waals surface area contributed by atoms with Gasteiger partial charge >= 0.3 is 0 Å². The number of ether oxygens (including phenoxy) is 1. The second-order valence-electron chi connectivity index (χ2n) is 2.87. The van der Waals surface area contributed by atoms with Crippen LogP contribution in [0.15, 0.2) is 24.3 Å². The molecule has 1 aromatic rings. The number of Topliss-reactive ketones (excluding diaryl/α,β-unsaturated/α-hetero) is 1. The van der Waals surface area contributed by atoms with Gasteiger partial charge in [-0.1, -0.05) is 0 Å². The van der Waals surface area contributed by atoms with Gasteiger partial charge in [-0.05, 0) is 24.3 Å². The lowest BCUT2D eigenvalue weighted by Crippen LogP contribution is -2.18. The molecule has 76 valence electrons. The second kappa shape index (κ2) is 5.24. The molecule has 0 bridgehead atoms. The largest absolute Gasteiger partial charge is 0.508 e. The highest BCUT2D eigenvalue weighted by molar-refractivity contribution is 5.84. The number of phenolic OH excluding ortho intramolecular Hbond substituents is 1. The molecule has 0 heterocycles. The number of nitrogens with one attached hydrogen (secondary N) is 1. The Morgan fingerprint density at radius 3 is 2.64 bits per heavy atom. The fourth-order valence-corrected chi connectivity index (χ4v) is 0.992. The minimum absolute atomic E-state index is 0.0134. The van der Waals surface area contributed by atoms with E-state index in [1.54, 1.807) is 24.3 Å². The number of anilines is 1. The summed E-state index contributed by atoms with van der Waals surface area (Å²) < 4.78 is 4.68. The number of phenols is 1. The van der Waals surface area contributed by atoms with Crippen molar-refractivity contribution in [1.82, 2.24) is 0 Å². The molecular formula is C10H13NO3. The molecule has 0 amide bonds. The van der Waals surface area contributed by atoms with E-state index in [1.165, 1.54) is 7.11 Å². The van der Waals surface area contributed by atoms with Gasteiger partial charge < -0.3 is 15.2 Å². The Labute approximate surface area is 82.5 Å². The predicted octanol–water partition coefficient (Wildman–Crippen LogP) is 1.02. The first-order valence-electron chi connectivity index (χ1n) is 4.26. The van der Waals surface area contributed by atoms with Crippen LogP contribution in [0.2, 0.25) is 0 Å². The fraction of sp³-hybridized carbons (Fsp3) is 0.300. The molecule has 0 aromatic heterocycles. The summed E-state index contributed by atoms with van der Waals surface area (Å²) in [6.45, 7) is 0.351. The topological polar surface area (TPSA) is 58.6 Å². The molecule has 1 aromatic carbocycles. The van der Waals surface area contributed by atoms with Crippen molar-refractivity contribution in [3.05, 3.63) is 24.3 Å². The Kier molecular flexibility index (Phi) is 3.94. The molecule has 0 saturated heterocycles. The molecule has 0 unspecified atom stereocenters. The molecular weight excluding hydrogens is 182 g/mol. The predicted molar refractivity (Wildman–Crippen MR) is 53.5 cm³/mol. The average Bonchev–Trinajstić information content (AvgIpc) is 2.17. The van der Waals surface area contributed by atoms with Crippen LogP contribution in [0.1, 0.15) is 0 Å². The highest BCUT2D eigenvalue weighted by Gasteiger charge is 1.99. The molecule has 0 saturated carbocycles. The quantitative estimate of drug-likeness (QED) is 0.689. The minimum atomic E-state index is -0.0134. The standard InChI is InChI=1S/C10H13NO3/c1-14-7-10(13)6-11-8-2-4-9(12)5-3-8/h2-5,11-12H,6-7H2,1H3. The van der Waals surface area contributed by atoms with Gasteiger partial charge in [0.15, 0.2) is 5.78 Å². The number of benzene rings is 1. The Hall–Kier alpha value is -1.55. The maximum absolute atomic E-state index is 11.0. The lowest BCUT2D eigenvalue weighted by molar-refractivity contribution is -0.120. The van der Waals surface area contributed by atoms with Crippen molar-refractivity contribution in [2.24, 2.45) is 0 Å². The van der Waals surface area contributed by atoms with Crippen molar-refractivity contribution in [1.29, 1.82) is 0 Å². The number of methoxy groups -OCH3 is 1. The summed E-state index contributed by atoms with van der Waals surface area (Å²) in [7, 11) is 1.48. The zero-order valence-electron chi connectivity index (χ0n) is 7.99. The van der Waals surface area contributed by atoms with Crippen LogP contribution in [0.25, 0.3) is 0 Å². The summed E-state index contributed by atoms with van der Waals surface area (Å²) in [5.74, 6) is 0.194. The molecule has 0 fully saturated rings. The van der Waals surface area contributed by atoms with E-state index < -0.39 is 0 Å². The molecule has 2 N–H and O–H groups in total. The highest BCUT2D eigenvalue weighted by atomic mass is 16.5. The number of ketones is 1. The van der Waals surface area contributed by atoms with E-state index in [2.05, 4.69) is 10.1 Å². The molecule has 0 aliphatic carbocycles. The van der Waals surface area contributed by atoms with Gasteiger partial charge in [-0.15, -0.1) is 0 Å². The monoisotopic (exact) mass is 195 g/mol. The Bertz CT molecular complexity index is 295. The molecule has 0 atom stereocenters.